The van der Waals surface area contributed by atoms with Crippen molar-refractivity contribution < 1.29 is 4.79 Å². The molecule has 0 radical (unpaired) electrons. The molecular weight excluding hydrogens is 308 g/mol. The number of rotatable bonds is 6. The van der Waals surface area contributed by atoms with Gasteiger partial charge in [-0.15, -0.1) is 11.3 Å². The van der Waals surface area contributed by atoms with Crippen LogP contribution in [0.1, 0.15) is 43.6 Å². The van der Waals surface area contributed by atoms with Crippen molar-refractivity contribution in [1.29, 1.82) is 0 Å². The molecule has 3 atom stereocenters. The zero-order valence-electron chi connectivity index (χ0n) is 13.7. The minimum absolute atomic E-state index is 0.182. The second-order valence-electron chi connectivity index (χ2n) is 6.16. The van der Waals surface area contributed by atoms with Gasteiger partial charge in [-0.05, 0) is 44.2 Å². The lowest BCUT2D eigenvalue weighted by atomic mass is 10.1. The summed E-state index contributed by atoms with van der Waals surface area (Å²) in [5.41, 5.74) is 0. The minimum atomic E-state index is 0.182. The number of thiophene rings is 1. The van der Waals surface area contributed by atoms with E-state index in [1.165, 1.54) is 4.88 Å². The quantitative estimate of drug-likeness (QED) is 0.885. The molecule has 5 nitrogen and oxygen atoms in total. The third-order valence-corrected chi connectivity index (χ3v) is 5.66. The molecule has 1 N–H and O–H groups in total. The number of carbonyl (C=O) groups excluding carboxylic acids is 1. The van der Waals surface area contributed by atoms with Gasteiger partial charge >= 0.3 is 0 Å². The first-order chi connectivity index (χ1) is 11.2. The van der Waals surface area contributed by atoms with Crippen LogP contribution < -0.4 is 5.32 Å². The van der Waals surface area contributed by atoms with E-state index in [-0.39, 0.29) is 24.0 Å². The SMILES string of the molecule is C[C@H](NCC(=O)N1CCC[C@H]1c1cccs1)[C@H](C)n1cccn1. The number of hydrogen-bond acceptors (Lipinski definition) is 4. The van der Waals surface area contributed by atoms with Crippen LogP contribution in [0, 0.1) is 0 Å². The first kappa shape index (κ1) is 16.2. The Balaban J connectivity index is 1.54. The van der Waals surface area contributed by atoms with E-state index in [0.29, 0.717) is 6.54 Å². The predicted octanol–water partition coefficient (Wildman–Crippen LogP) is 2.85. The maximum absolute atomic E-state index is 12.6. The first-order valence-corrected chi connectivity index (χ1v) is 9.10. The van der Waals surface area contributed by atoms with Gasteiger partial charge in [-0.1, -0.05) is 6.07 Å². The Labute approximate surface area is 141 Å². The van der Waals surface area contributed by atoms with E-state index in [1.54, 1.807) is 17.5 Å². The highest BCUT2D eigenvalue weighted by atomic mass is 32.1. The Kier molecular flexibility index (Phi) is 5.13. The monoisotopic (exact) mass is 332 g/mol. The van der Waals surface area contributed by atoms with Crippen LogP contribution in [0.25, 0.3) is 0 Å². The number of nitrogens with one attached hydrogen (secondary N) is 1. The summed E-state index contributed by atoms with van der Waals surface area (Å²) >= 11 is 1.74. The summed E-state index contributed by atoms with van der Waals surface area (Å²) in [5, 5.41) is 9.72. The highest BCUT2D eigenvalue weighted by Crippen LogP contribution is 2.34. The number of hydrogen-bond donors (Lipinski definition) is 1. The van der Waals surface area contributed by atoms with Crippen molar-refractivity contribution in [3.63, 3.8) is 0 Å². The molecule has 6 heteroatoms. The molecule has 124 valence electrons. The summed E-state index contributed by atoms with van der Waals surface area (Å²) in [6, 6.07) is 6.78. The van der Waals surface area contributed by atoms with Crippen molar-refractivity contribution in [3.8, 4) is 0 Å². The van der Waals surface area contributed by atoms with Gasteiger partial charge in [-0.3, -0.25) is 9.48 Å². The molecule has 0 unspecified atom stereocenters. The molecular formula is C17H24N4OS. The molecule has 3 rings (SSSR count). The van der Waals surface area contributed by atoms with Gasteiger partial charge in [-0.25, -0.2) is 0 Å². The Bertz CT molecular complexity index is 611. The second kappa shape index (κ2) is 7.27. The maximum atomic E-state index is 12.6. The molecule has 1 amide bonds. The largest absolute Gasteiger partial charge is 0.334 e. The molecule has 0 aromatic carbocycles. The molecule has 2 aromatic rings. The smallest absolute Gasteiger partial charge is 0.237 e. The fraction of sp³-hybridized carbons (Fsp3) is 0.529. The normalized spacial score (nSPS) is 20.6. The van der Waals surface area contributed by atoms with Gasteiger partial charge in [0.25, 0.3) is 0 Å². The fourth-order valence-electron chi connectivity index (χ4n) is 3.11. The molecule has 1 fully saturated rings. The Hall–Kier alpha value is -1.66. The highest BCUT2D eigenvalue weighted by Gasteiger charge is 2.30. The molecule has 0 aliphatic carbocycles. The fourth-order valence-corrected chi connectivity index (χ4v) is 3.99. The molecule has 0 bridgehead atoms. The van der Waals surface area contributed by atoms with E-state index in [9.17, 15) is 4.79 Å². The van der Waals surface area contributed by atoms with Gasteiger partial charge in [0.15, 0.2) is 0 Å². The summed E-state index contributed by atoms with van der Waals surface area (Å²) in [5.74, 6) is 0.195. The van der Waals surface area contributed by atoms with Gasteiger partial charge in [0.05, 0.1) is 18.6 Å². The average molecular weight is 332 g/mol. The van der Waals surface area contributed by atoms with Gasteiger partial charge in [0.1, 0.15) is 0 Å². The summed E-state index contributed by atoms with van der Waals surface area (Å²) < 4.78 is 1.92. The Morgan fingerprint density at radius 1 is 1.48 bits per heavy atom. The van der Waals surface area contributed by atoms with Crippen molar-refractivity contribution in [2.24, 2.45) is 0 Å². The van der Waals surface area contributed by atoms with E-state index >= 15 is 0 Å². The van der Waals surface area contributed by atoms with Crippen LogP contribution in [0.15, 0.2) is 36.0 Å². The van der Waals surface area contributed by atoms with Gasteiger partial charge in [0.2, 0.25) is 5.91 Å². The van der Waals surface area contributed by atoms with Crippen LogP contribution in [0.4, 0.5) is 0 Å². The molecule has 1 aliphatic rings. The van der Waals surface area contributed by atoms with Crippen LogP contribution in [-0.2, 0) is 4.79 Å². The Morgan fingerprint density at radius 2 is 2.35 bits per heavy atom. The topological polar surface area (TPSA) is 50.2 Å². The summed E-state index contributed by atoms with van der Waals surface area (Å²) in [7, 11) is 0. The van der Waals surface area contributed by atoms with Gasteiger partial charge in [0, 0.05) is 29.9 Å². The number of aromatic nitrogens is 2. The maximum Gasteiger partial charge on any atom is 0.237 e. The summed E-state index contributed by atoms with van der Waals surface area (Å²) in [6.45, 7) is 5.46. The molecule has 1 aliphatic heterocycles. The predicted molar refractivity (Wildman–Crippen MR) is 92.4 cm³/mol. The molecule has 0 saturated carbocycles. The van der Waals surface area contributed by atoms with Gasteiger partial charge < -0.3 is 10.2 Å². The van der Waals surface area contributed by atoms with E-state index in [2.05, 4.69) is 41.8 Å². The van der Waals surface area contributed by atoms with Crippen molar-refractivity contribution >= 4 is 17.2 Å². The van der Waals surface area contributed by atoms with Crippen molar-refractivity contribution in [2.45, 2.75) is 44.8 Å². The zero-order valence-corrected chi connectivity index (χ0v) is 14.5. The lowest BCUT2D eigenvalue weighted by molar-refractivity contribution is -0.131. The van der Waals surface area contributed by atoms with Crippen LogP contribution in [0.3, 0.4) is 0 Å². The van der Waals surface area contributed by atoms with E-state index < -0.39 is 0 Å². The second-order valence-corrected chi connectivity index (χ2v) is 7.14. The number of amides is 1. The summed E-state index contributed by atoms with van der Waals surface area (Å²) in [6.07, 6.45) is 5.90. The van der Waals surface area contributed by atoms with Crippen molar-refractivity contribution in [1.82, 2.24) is 20.0 Å². The summed E-state index contributed by atoms with van der Waals surface area (Å²) in [4.78, 5) is 15.9. The molecule has 1 saturated heterocycles. The lowest BCUT2D eigenvalue weighted by Crippen LogP contribution is -2.42. The number of carbonyl (C=O) groups is 1. The molecule has 23 heavy (non-hydrogen) atoms. The Morgan fingerprint density at radius 3 is 3.04 bits per heavy atom. The van der Waals surface area contributed by atoms with E-state index in [4.69, 9.17) is 0 Å². The van der Waals surface area contributed by atoms with Gasteiger partial charge in [-0.2, -0.15) is 5.10 Å². The highest BCUT2D eigenvalue weighted by molar-refractivity contribution is 7.10. The van der Waals surface area contributed by atoms with Crippen molar-refractivity contribution in [2.75, 3.05) is 13.1 Å². The minimum Gasteiger partial charge on any atom is -0.334 e. The standard InChI is InChI=1S/C17H24N4OS/c1-13(14(2)21-10-5-8-19-21)18-12-17(22)20-9-3-6-15(20)16-7-4-11-23-16/h4-5,7-8,10-11,13-15,18H,3,6,9,12H2,1-2H3/t13-,14-,15-/m0/s1. The molecule has 2 aromatic heterocycles. The van der Waals surface area contributed by atoms with Crippen LogP contribution in [-0.4, -0.2) is 39.7 Å². The van der Waals surface area contributed by atoms with Crippen LogP contribution >= 0.6 is 11.3 Å². The molecule has 0 spiro atoms. The number of likely N-dealkylation sites (tertiary alicyclic amines) is 1. The van der Waals surface area contributed by atoms with Crippen LogP contribution in [0.5, 0.6) is 0 Å². The zero-order chi connectivity index (χ0) is 16.2. The average Bonchev–Trinajstić information content (AvgIpc) is 3.32. The van der Waals surface area contributed by atoms with E-state index in [0.717, 1.165) is 19.4 Å². The third kappa shape index (κ3) is 3.64. The van der Waals surface area contributed by atoms with Crippen LogP contribution in [0.2, 0.25) is 0 Å². The third-order valence-electron chi connectivity index (χ3n) is 4.69. The van der Waals surface area contributed by atoms with E-state index in [1.807, 2.05) is 21.8 Å². The lowest BCUT2D eigenvalue weighted by Gasteiger charge is -2.26. The number of nitrogens with zero attached hydrogens (tertiary/aromatic N) is 3. The molecule has 3 heterocycles. The van der Waals surface area contributed by atoms with Crippen molar-refractivity contribution in [3.05, 3.63) is 40.8 Å². The first-order valence-electron chi connectivity index (χ1n) is 8.22.